The average molecular weight is 351 g/mol. The average Bonchev–Trinajstić information content (AvgIpc) is 2.48. The van der Waals surface area contributed by atoms with Crippen LogP contribution in [0.2, 0.25) is 0 Å². The van der Waals surface area contributed by atoms with Gasteiger partial charge >= 0.3 is 0 Å². The quantitative estimate of drug-likeness (QED) is 0.862. The number of nitrogens with zero attached hydrogens (tertiary/aromatic N) is 1. The molecule has 3 rings (SSSR count). The molecule has 1 saturated carbocycles. The molecule has 0 amide bonds. The molecular weight excluding hydrogens is 324 g/mol. The number of halogens is 1. The van der Waals surface area contributed by atoms with Gasteiger partial charge in [0.15, 0.2) is 0 Å². The SMILES string of the molecule is CCN1CCC(CNC2CC(c3ccccc3Br)C2)CC1. The molecule has 0 radical (unpaired) electrons. The number of piperidine rings is 1. The zero-order valence-electron chi connectivity index (χ0n) is 13.0. The number of likely N-dealkylation sites (tertiary alicyclic amines) is 1. The monoisotopic (exact) mass is 350 g/mol. The number of benzene rings is 1. The standard InChI is InChI=1S/C18H27BrN2/c1-2-21-9-7-14(8-10-21)13-20-16-11-15(12-16)17-5-3-4-6-18(17)19/h3-6,14-16,20H,2,7-13H2,1H3. The van der Waals surface area contributed by atoms with Gasteiger partial charge in [-0.15, -0.1) is 0 Å². The highest BCUT2D eigenvalue weighted by Gasteiger charge is 2.31. The lowest BCUT2D eigenvalue weighted by Gasteiger charge is -2.39. The van der Waals surface area contributed by atoms with Crippen molar-refractivity contribution in [2.45, 2.75) is 44.6 Å². The Hall–Kier alpha value is -0.380. The molecule has 0 unspecified atom stereocenters. The van der Waals surface area contributed by atoms with E-state index in [0.29, 0.717) is 0 Å². The van der Waals surface area contributed by atoms with E-state index < -0.39 is 0 Å². The van der Waals surface area contributed by atoms with Crippen LogP contribution in [0, 0.1) is 5.92 Å². The van der Waals surface area contributed by atoms with E-state index in [1.807, 2.05) is 0 Å². The molecule has 0 atom stereocenters. The van der Waals surface area contributed by atoms with Crippen molar-refractivity contribution in [1.29, 1.82) is 0 Å². The molecule has 0 bridgehead atoms. The highest BCUT2D eigenvalue weighted by Crippen LogP contribution is 2.40. The van der Waals surface area contributed by atoms with Crippen molar-refractivity contribution in [2.75, 3.05) is 26.2 Å². The van der Waals surface area contributed by atoms with Crippen molar-refractivity contribution in [3.8, 4) is 0 Å². The first-order valence-electron chi connectivity index (χ1n) is 8.46. The third-order valence-corrected chi connectivity index (χ3v) is 6.05. The Bertz CT molecular complexity index is 448. The Labute approximate surface area is 137 Å². The molecular formula is C18H27BrN2. The third kappa shape index (κ3) is 3.88. The molecule has 1 saturated heterocycles. The van der Waals surface area contributed by atoms with Crippen LogP contribution in [0.15, 0.2) is 28.7 Å². The Morgan fingerprint density at radius 2 is 1.90 bits per heavy atom. The summed E-state index contributed by atoms with van der Waals surface area (Å²) in [6.07, 6.45) is 5.36. The van der Waals surface area contributed by atoms with Crippen LogP contribution in [0.25, 0.3) is 0 Å². The first-order valence-corrected chi connectivity index (χ1v) is 9.25. The summed E-state index contributed by atoms with van der Waals surface area (Å²) in [6.45, 7) is 7.32. The van der Waals surface area contributed by atoms with E-state index >= 15 is 0 Å². The highest BCUT2D eigenvalue weighted by molar-refractivity contribution is 9.10. The van der Waals surface area contributed by atoms with Gasteiger partial charge in [-0.25, -0.2) is 0 Å². The molecule has 0 spiro atoms. The van der Waals surface area contributed by atoms with Crippen molar-refractivity contribution in [1.82, 2.24) is 10.2 Å². The minimum Gasteiger partial charge on any atom is -0.314 e. The van der Waals surface area contributed by atoms with Crippen LogP contribution in [-0.4, -0.2) is 37.1 Å². The zero-order chi connectivity index (χ0) is 14.7. The van der Waals surface area contributed by atoms with Gasteiger partial charge in [-0.05, 0) is 75.3 Å². The lowest BCUT2D eigenvalue weighted by molar-refractivity contribution is 0.179. The fraction of sp³-hybridized carbons (Fsp3) is 0.667. The Balaban J connectivity index is 1.37. The predicted octanol–water partition coefficient (Wildman–Crippen LogP) is 4.02. The molecule has 2 fully saturated rings. The smallest absolute Gasteiger partial charge is 0.0210 e. The first kappa shape index (κ1) is 15.5. The van der Waals surface area contributed by atoms with Crippen molar-refractivity contribution < 1.29 is 0 Å². The van der Waals surface area contributed by atoms with Gasteiger partial charge in [-0.3, -0.25) is 0 Å². The summed E-state index contributed by atoms with van der Waals surface area (Å²) < 4.78 is 1.28. The van der Waals surface area contributed by atoms with Gasteiger partial charge in [0.1, 0.15) is 0 Å². The van der Waals surface area contributed by atoms with E-state index in [0.717, 1.165) is 17.9 Å². The van der Waals surface area contributed by atoms with E-state index in [9.17, 15) is 0 Å². The molecule has 21 heavy (non-hydrogen) atoms. The van der Waals surface area contributed by atoms with Crippen LogP contribution >= 0.6 is 15.9 Å². The highest BCUT2D eigenvalue weighted by atomic mass is 79.9. The molecule has 116 valence electrons. The Kier molecular flexibility index (Phi) is 5.36. The number of rotatable bonds is 5. The summed E-state index contributed by atoms with van der Waals surface area (Å²) in [5.74, 6) is 1.65. The second-order valence-corrected chi connectivity index (χ2v) is 7.53. The van der Waals surface area contributed by atoms with E-state index in [1.165, 1.54) is 61.9 Å². The lowest BCUT2D eigenvalue weighted by atomic mass is 9.75. The fourth-order valence-corrected chi connectivity index (χ4v) is 4.29. The minimum absolute atomic E-state index is 0.742. The number of hydrogen-bond donors (Lipinski definition) is 1. The summed E-state index contributed by atoms with van der Waals surface area (Å²) in [5.41, 5.74) is 1.49. The van der Waals surface area contributed by atoms with Crippen LogP contribution in [0.5, 0.6) is 0 Å². The number of hydrogen-bond acceptors (Lipinski definition) is 2. The second kappa shape index (κ2) is 7.26. The summed E-state index contributed by atoms with van der Waals surface area (Å²) in [5, 5.41) is 3.81. The van der Waals surface area contributed by atoms with Crippen molar-refractivity contribution in [2.24, 2.45) is 5.92 Å². The molecule has 1 aliphatic carbocycles. The van der Waals surface area contributed by atoms with E-state index in [2.05, 4.69) is 57.3 Å². The molecule has 1 aromatic carbocycles. The Morgan fingerprint density at radius 1 is 1.19 bits per heavy atom. The molecule has 1 aromatic rings. The normalized spacial score (nSPS) is 27.5. The minimum atomic E-state index is 0.742. The topological polar surface area (TPSA) is 15.3 Å². The molecule has 0 aromatic heterocycles. The van der Waals surface area contributed by atoms with Crippen LogP contribution in [0.3, 0.4) is 0 Å². The molecule has 1 heterocycles. The lowest BCUT2D eigenvalue weighted by Crippen LogP contribution is -2.44. The fourth-order valence-electron chi connectivity index (χ4n) is 3.68. The molecule has 2 nitrogen and oxygen atoms in total. The van der Waals surface area contributed by atoms with Gasteiger partial charge in [-0.2, -0.15) is 0 Å². The van der Waals surface area contributed by atoms with Gasteiger partial charge in [0.05, 0.1) is 0 Å². The van der Waals surface area contributed by atoms with Crippen molar-refractivity contribution >= 4 is 15.9 Å². The second-order valence-electron chi connectivity index (χ2n) is 6.67. The van der Waals surface area contributed by atoms with Gasteiger partial charge in [0.2, 0.25) is 0 Å². The van der Waals surface area contributed by atoms with Gasteiger partial charge in [-0.1, -0.05) is 41.1 Å². The summed E-state index contributed by atoms with van der Waals surface area (Å²) in [6, 6.07) is 9.43. The largest absolute Gasteiger partial charge is 0.314 e. The maximum Gasteiger partial charge on any atom is 0.0210 e. The molecule has 3 heteroatoms. The third-order valence-electron chi connectivity index (χ3n) is 5.33. The van der Waals surface area contributed by atoms with Crippen LogP contribution in [0.1, 0.15) is 44.1 Å². The molecule has 1 aliphatic heterocycles. The maximum absolute atomic E-state index is 3.81. The summed E-state index contributed by atoms with van der Waals surface area (Å²) in [4.78, 5) is 2.57. The van der Waals surface area contributed by atoms with E-state index in [-0.39, 0.29) is 0 Å². The van der Waals surface area contributed by atoms with Gasteiger partial charge < -0.3 is 10.2 Å². The van der Waals surface area contributed by atoms with Crippen LogP contribution < -0.4 is 5.32 Å². The predicted molar refractivity (Wildman–Crippen MR) is 92.7 cm³/mol. The van der Waals surface area contributed by atoms with E-state index in [4.69, 9.17) is 0 Å². The van der Waals surface area contributed by atoms with Gasteiger partial charge in [0, 0.05) is 10.5 Å². The zero-order valence-corrected chi connectivity index (χ0v) is 14.6. The van der Waals surface area contributed by atoms with Gasteiger partial charge in [0.25, 0.3) is 0 Å². The summed E-state index contributed by atoms with van der Waals surface area (Å²) >= 11 is 3.68. The Morgan fingerprint density at radius 3 is 2.57 bits per heavy atom. The van der Waals surface area contributed by atoms with Crippen molar-refractivity contribution in [3.63, 3.8) is 0 Å². The number of nitrogens with one attached hydrogen (secondary N) is 1. The van der Waals surface area contributed by atoms with Crippen LogP contribution in [0.4, 0.5) is 0 Å². The molecule has 1 N–H and O–H groups in total. The van der Waals surface area contributed by atoms with Crippen molar-refractivity contribution in [3.05, 3.63) is 34.3 Å². The van der Waals surface area contributed by atoms with Crippen LogP contribution in [-0.2, 0) is 0 Å². The van der Waals surface area contributed by atoms with E-state index in [1.54, 1.807) is 0 Å². The first-order chi connectivity index (χ1) is 10.3. The summed E-state index contributed by atoms with van der Waals surface area (Å²) in [7, 11) is 0. The molecule has 2 aliphatic rings. The maximum atomic E-state index is 3.81.